The molecular weight excluding hydrogens is 184 g/mol. The molecule has 76 valence electrons. The Morgan fingerprint density at radius 3 is 2.92 bits per heavy atom. The van der Waals surface area contributed by atoms with Crippen molar-refractivity contribution in [2.75, 3.05) is 20.1 Å². The Hall–Kier alpha value is -0.0500. The number of hydrogen-bond acceptors (Lipinski definition) is 2. The van der Waals surface area contributed by atoms with Gasteiger partial charge in [0.2, 0.25) is 0 Å². The van der Waals surface area contributed by atoms with Crippen LogP contribution in [-0.2, 0) is 0 Å². The van der Waals surface area contributed by atoms with Crippen molar-refractivity contribution in [1.29, 1.82) is 0 Å². The zero-order valence-electron chi connectivity index (χ0n) is 8.52. The first-order chi connectivity index (χ1) is 6.09. The number of nitrogens with one attached hydrogen (secondary N) is 1. The molecule has 0 saturated carbocycles. The summed E-state index contributed by atoms with van der Waals surface area (Å²) in [7, 11) is 2.18. The molecule has 13 heavy (non-hydrogen) atoms. The highest BCUT2D eigenvalue weighted by molar-refractivity contribution is 6.29. The fourth-order valence-corrected chi connectivity index (χ4v) is 1.81. The van der Waals surface area contributed by atoms with Gasteiger partial charge in [-0.2, -0.15) is 0 Å². The number of halogens is 1. The van der Waals surface area contributed by atoms with Crippen LogP contribution in [0.5, 0.6) is 0 Å². The molecule has 1 aliphatic rings. The van der Waals surface area contributed by atoms with Crippen LogP contribution in [0.4, 0.5) is 0 Å². The molecule has 1 N–H and O–H groups in total. The Morgan fingerprint density at radius 1 is 1.69 bits per heavy atom. The lowest BCUT2D eigenvalue weighted by Gasteiger charge is -2.35. The zero-order chi connectivity index (χ0) is 9.84. The van der Waals surface area contributed by atoms with E-state index < -0.39 is 0 Å². The Labute approximate surface area is 85.9 Å². The molecule has 0 spiro atoms. The predicted octanol–water partition coefficient (Wildman–Crippen LogP) is 1.81. The molecule has 1 rings (SSSR count). The van der Waals surface area contributed by atoms with Crippen molar-refractivity contribution in [3.63, 3.8) is 0 Å². The van der Waals surface area contributed by atoms with E-state index in [-0.39, 0.29) is 0 Å². The predicted molar refractivity (Wildman–Crippen MR) is 58.1 cm³/mol. The van der Waals surface area contributed by atoms with Crippen LogP contribution < -0.4 is 5.32 Å². The first-order valence-corrected chi connectivity index (χ1v) is 5.24. The summed E-state index contributed by atoms with van der Waals surface area (Å²) < 4.78 is 0. The normalized spacial score (nSPS) is 30.4. The smallest absolute Gasteiger partial charge is 0.0310 e. The van der Waals surface area contributed by atoms with Crippen LogP contribution in [-0.4, -0.2) is 37.1 Å². The highest BCUT2D eigenvalue weighted by Gasteiger charge is 2.21. The van der Waals surface area contributed by atoms with Gasteiger partial charge in [-0.3, -0.25) is 0 Å². The van der Waals surface area contributed by atoms with Gasteiger partial charge < -0.3 is 10.2 Å². The lowest BCUT2D eigenvalue weighted by molar-refractivity contribution is 0.170. The summed E-state index contributed by atoms with van der Waals surface area (Å²) in [5.74, 6) is 0. The number of piperidine rings is 1. The number of nitrogens with zero attached hydrogens (tertiary/aromatic N) is 1. The van der Waals surface area contributed by atoms with E-state index in [1.165, 1.54) is 19.4 Å². The molecule has 0 radical (unpaired) electrons. The molecular formula is C10H19ClN2. The van der Waals surface area contributed by atoms with Crippen molar-refractivity contribution in [1.82, 2.24) is 10.2 Å². The monoisotopic (exact) mass is 202 g/mol. The molecule has 1 saturated heterocycles. The summed E-state index contributed by atoms with van der Waals surface area (Å²) in [6, 6.07) is 1.29. The number of rotatable bonds is 3. The average molecular weight is 203 g/mol. The minimum Gasteiger partial charge on any atom is -0.309 e. The molecule has 3 heteroatoms. The highest BCUT2D eigenvalue weighted by atomic mass is 35.5. The molecule has 2 atom stereocenters. The maximum absolute atomic E-state index is 5.69. The second kappa shape index (κ2) is 4.99. The Morgan fingerprint density at radius 2 is 2.38 bits per heavy atom. The van der Waals surface area contributed by atoms with Crippen molar-refractivity contribution in [3.8, 4) is 0 Å². The van der Waals surface area contributed by atoms with Gasteiger partial charge in [0, 0.05) is 23.7 Å². The minimum atomic E-state index is 0.613. The molecule has 0 amide bonds. The second-order valence-electron chi connectivity index (χ2n) is 3.95. The SMILES string of the molecule is C=C(Cl)CNC1CCN(C)C(C)C1. The van der Waals surface area contributed by atoms with Crippen molar-refractivity contribution >= 4 is 11.6 Å². The maximum Gasteiger partial charge on any atom is 0.0310 e. The summed E-state index contributed by atoms with van der Waals surface area (Å²) >= 11 is 5.69. The maximum atomic E-state index is 5.69. The van der Waals surface area contributed by atoms with Gasteiger partial charge in [0.25, 0.3) is 0 Å². The van der Waals surface area contributed by atoms with Gasteiger partial charge in [-0.25, -0.2) is 0 Å². The third kappa shape index (κ3) is 3.67. The van der Waals surface area contributed by atoms with Gasteiger partial charge in [0.05, 0.1) is 0 Å². The second-order valence-corrected chi connectivity index (χ2v) is 4.48. The summed E-state index contributed by atoms with van der Waals surface area (Å²) in [5.41, 5.74) is 0. The van der Waals surface area contributed by atoms with E-state index in [2.05, 4.69) is 30.8 Å². The minimum absolute atomic E-state index is 0.613. The summed E-state index contributed by atoms with van der Waals surface area (Å²) in [6.07, 6.45) is 2.42. The van der Waals surface area contributed by atoms with Crippen LogP contribution in [0.3, 0.4) is 0 Å². The largest absolute Gasteiger partial charge is 0.309 e. The summed E-state index contributed by atoms with van der Waals surface area (Å²) in [4.78, 5) is 2.40. The lowest BCUT2D eigenvalue weighted by atomic mass is 9.99. The topological polar surface area (TPSA) is 15.3 Å². The van der Waals surface area contributed by atoms with Crippen LogP contribution >= 0.6 is 11.6 Å². The van der Waals surface area contributed by atoms with Gasteiger partial charge in [0.15, 0.2) is 0 Å². The van der Waals surface area contributed by atoms with Crippen molar-refractivity contribution < 1.29 is 0 Å². The average Bonchev–Trinajstić information content (AvgIpc) is 2.07. The molecule has 1 fully saturated rings. The van der Waals surface area contributed by atoms with Crippen molar-refractivity contribution in [2.24, 2.45) is 0 Å². The summed E-state index contributed by atoms with van der Waals surface area (Å²) in [6.45, 7) is 7.85. The fourth-order valence-electron chi connectivity index (χ4n) is 1.73. The molecule has 0 aliphatic carbocycles. The molecule has 0 bridgehead atoms. The molecule has 0 aromatic heterocycles. The van der Waals surface area contributed by atoms with E-state index in [1.54, 1.807) is 0 Å². The number of hydrogen-bond donors (Lipinski definition) is 1. The van der Waals surface area contributed by atoms with Crippen LogP contribution in [0.25, 0.3) is 0 Å². The van der Waals surface area contributed by atoms with Crippen LogP contribution in [0.1, 0.15) is 19.8 Å². The molecule has 1 aliphatic heterocycles. The van der Waals surface area contributed by atoms with Crippen LogP contribution in [0.2, 0.25) is 0 Å². The van der Waals surface area contributed by atoms with Gasteiger partial charge in [-0.15, -0.1) is 0 Å². The first kappa shape index (κ1) is 11.0. The molecule has 0 aromatic carbocycles. The van der Waals surface area contributed by atoms with E-state index >= 15 is 0 Å². The van der Waals surface area contributed by atoms with Gasteiger partial charge >= 0.3 is 0 Å². The fraction of sp³-hybridized carbons (Fsp3) is 0.800. The first-order valence-electron chi connectivity index (χ1n) is 4.86. The molecule has 0 aromatic rings. The van der Waals surface area contributed by atoms with Crippen LogP contribution in [0.15, 0.2) is 11.6 Å². The lowest BCUT2D eigenvalue weighted by Crippen LogP contribution is -2.45. The molecule has 2 nitrogen and oxygen atoms in total. The third-order valence-corrected chi connectivity index (χ3v) is 2.92. The van der Waals surface area contributed by atoms with Gasteiger partial charge in [-0.05, 0) is 33.4 Å². The van der Waals surface area contributed by atoms with E-state index in [9.17, 15) is 0 Å². The van der Waals surface area contributed by atoms with Crippen molar-refractivity contribution in [2.45, 2.75) is 31.8 Å². The van der Waals surface area contributed by atoms with E-state index in [1.807, 2.05) is 0 Å². The third-order valence-electron chi connectivity index (χ3n) is 2.79. The summed E-state index contributed by atoms with van der Waals surface area (Å²) in [5, 5.41) is 4.11. The van der Waals surface area contributed by atoms with E-state index in [4.69, 9.17) is 11.6 Å². The number of likely N-dealkylation sites (tertiary alicyclic amines) is 1. The zero-order valence-corrected chi connectivity index (χ0v) is 9.27. The Kier molecular flexibility index (Phi) is 4.23. The molecule has 1 heterocycles. The van der Waals surface area contributed by atoms with Crippen LogP contribution in [0, 0.1) is 0 Å². The van der Waals surface area contributed by atoms with Gasteiger partial charge in [0.1, 0.15) is 0 Å². The quantitative estimate of drug-likeness (QED) is 0.751. The Balaban J connectivity index is 2.25. The molecule has 2 unspecified atom stereocenters. The van der Waals surface area contributed by atoms with E-state index in [0.717, 1.165) is 6.54 Å². The van der Waals surface area contributed by atoms with Crippen molar-refractivity contribution in [3.05, 3.63) is 11.6 Å². The Bertz CT molecular complexity index is 182. The highest BCUT2D eigenvalue weighted by Crippen LogP contribution is 2.15. The standard InChI is InChI=1S/C10H19ClN2/c1-8(11)7-12-10-4-5-13(3)9(2)6-10/h9-10,12H,1,4-7H2,2-3H3. The van der Waals surface area contributed by atoms with Gasteiger partial charge in [-0.1, -0.05) is 18.2 Å². The van der Waals surface area contributed by atoms with E-state index in [0.29, 0.717) is 17.1 Å².